The van der Waals surface area contributed by atoms with Gasteiger partial charge in [0.15, 0.2) is 11.9 Å². The Bertz CT molecular complexity index is 628. The van der Waals surface area contributed by atoms with E-state index in [0.717, 1.165) is 19.3 Å². The first-order valence-electron chi connectivity index (χ1n) is 9.62. The molecule has 3 N–H and O–H groups in total. The number of carbonyl (C=O) groups excluding carboxylic acids is 1. The van der Waals surface area contributed by atoms with Crippen LogP contribution in [0.15, 0.2) is 0 Å². The summed E-state index contributed by atoms with van der Waals surface area (Å²) in [5, 5.41) is 8.75. The molecule has 9 heteroatoms. The molecule has 4 aliphatic heterocycles. The summed E-state index contributed by atoms with van der Waals surface area (Å²) in [5.74, 6) is -2.74. The summed E-state index contributed by atoms with van der Waals surface area (Å²) < 4.78 is 17.7. The second kappa shape index (κ2) is 6.66. The molecule has 5 rings (SSSR count). The molecule has 0 radical (unpaired) electrons. The molecule has 4 heterocycles. The van der Waals surface area contributed by atoms with E-state index in [2.05, 4.69) is 0 Å². The molecule has 2 bridgehead atoms. The largest absolute Gasteiger partial charge is 0.481 e. The molecule has 27 heavy (non-hydrogen) atoms. The van der Waals surface area contributed by atoms with Crippen LogP contribution < -0.4 is 5.73 Å². The number of hydrogen-bond donors (Lipinski definition) is 2. The molecule has 0 aromatic rings. The van der Waals surface area contributed by atoms with E-state index in [1.54, 1.807) is 6.92 Å². The third kappa shape index (κ3) is 3.05. The van der Waals surface area contributed by atoms with Gasteiger partial charge in [-0.1, -0.05) is 6.92 Å². The number of carbonyl (C=O) groups is 2. The molecular weight excluding hydrogens is 358 g/mol. The van der Waals surface area contributed by atoms with Crippen LogP contribution in [-0.4, -0.2) is 47.1 Å². The standard InChI is InChI=1S/C18H27NO8/c1-9-10-3-4-12(19)11-7-8-17(2)25-16(18(10,11)27-26-17)24-15(9)23-14(22)6-5-13(20)21/h9-12,15-16H,3-8,19H2,1-2H3,(H,20,21)/t9-,10+,11+,12-,15?,16-,17-,18+/m1/s1. The Kier molecular flexibility index (Phi) is 4.71. The third-order valence-corrected chi connectivity index (χ3v) is 6.60. The van der Waals surface area contributed by atoms with Crippen LogP contribution >= 0.6 is 0 Å². The average molecular weight is 385 g/mol. The summed E-state index contributed by atoms with van der Waals surface area (Å²) in [4.78, 5) is 34.4. The highest BCUT2D eigenvalue weighted by Gasteiger charge is 2.70. The zero-order chi connectivity index (χ0) is 19.4. The van der Waals surface area contributed by atoms with E-state index in [9.17, 15) is 9.59 Å². The van der Waals surface area contributed by atoms with Gasteiger partial charge < -0.3 is 25.1 Å². The minimum absolute atomic E-state index is 0.0130. The van der Waals surface area contributed by atoms with E-state index in [4.69, 9.17) is 34.8 Å². The van der Waals surface area contributed by atoms with Crippen molar-refractivity contribution in [3.05, 3.63) is 0 Å². The molecular formula is C18H27NO8. The van der Waals surface area contributed by atoms with Crippen LogP contribution in [0.4, 0.5) is 0 Å². The zero-order valence-electron chi connectivity index (χ0n) is 15.6. The molecule has 1 spiro atoms. The molecule has 9 nitrogen and oxygen atoms in total. The van der Waals surface area contributed by atoms with E-state index >= 15 is 0 Å². The van der Waals surface area contributed by atoms with E-state index in [0.29, 0.717) is 6.42 Å². The minimum Gasteiger partial charge on any atom is -0.481 e. The summed E-state index contributed by atoms with van der Waals surface area (Å²) in [6.45, 7) is 3.74. The molecule has 4 saturated heterocycles. The second-order valence-corrected chi connectivity index (χ2v) is 8.34. The molecule has 0 aromatic heterocycles. The number of nitrogens with two attached hydrogens (primary N) is 1. The highest BCUT2D eigenvalue weighted by molar-refractivity contribution is 5.76. The highest BCUT2D eigenvalue weighted by atomic mass is 17.3. The number of carboxylic acids is 1. The first-order chi connectivity index (χ1) is 12.7. The van der Waals surface area contributed by atoms with Crippen molar-refractivity contribution < 1.29 is 38.7 Å². The van der Waals surface area contributed by atoms with Gasteiger partial charge in [-0.3, -0.25) is 9.59 Å². The normalized spacial score (nSPS) is 48.4. The number of aliphatic carboxylic acids is 1. The van der Waals surface area contributed by atoms with Gasteiger partial charge >= 0.3 is 11.9 Å². The van der Waals surface area contributed by atoms with Gasteiger partial charge in [0.05, 0.1) is 12.8 Å². The van der Waals surface area contributed by atoms with Gasteiger partial charge in [0, 0.05) is 30.2 Å². The predicted molar refractivity (Wildman–Crippen MR) is 88.6 cm³/mol. The third-order valence-electron chi connectivity index (χ3n) is 6.60. The van der Waals surface area contributed by atoms with Crippen LogP contribution in [0.3, 0.4) is 0 Å². The molecule has 1 saturated carbocycles. The molecule has 5 fully saturated rings. The van der Waals surface area contributed by atoms with Gasteiger partial charge in [-0.25, -0.2) is 9.78 Å². The van der Waals surface area contributed by atoms with Gasteiger partial charge in [-0.05, 0) is 26.2 Å². The maximum Gasteiger partial charge on any atom is 0.308 e. The van der Waals surface area contributed by atoms with Gasteiger partial charge in [-0.2, -0.15) is 0 Å². The van der Waals surface area contributed by atoms with Crippen molar-refractivity contribution in [1.82, 2.24) is 0 Å². The number of ether oxygens (including phenoxy) is 3. The van der Waals surface area contributed by atoms with Crippen molar-refractivity contribution in [3.63, 3.8) is 0 Å². The summed E-state index contributed by atoms with van der Waals surface area (Å²) in [7, 11) is 0. The van der Waals surface area contributed by atoms with E-state index in [1.165, 1.54) is 0 Å². The van der Waals surface area contributed by atoms with Gasteiger partial charge in [0.1, 0.15) is 0 Å². The van der Waals surface area contributed by atoms with Crippen LogP contribution in [0.1, 0.15) is 52.4 Å². The van der Waals surface area contributed by atoms with Crippen LogP contribution in [0, 0.1) is 17.8 Å². The Balaban J connectivity index is 1.58. The molecule has 0 amide bonds. The van der Waals surface area contributed by atoms with Crippen molar-refractivity contribution in [1.29, 1.82) is 0 Å². The molecule has 152 valence electrons. The number of fused-ring (bicyclic) bond motifs is 2. The van der Waals surface area contributed by atoms with Gasteiger partial charge in [-0.15, -0.1) is 0 Å². The number of hydrogen-bond acceptors (Lipinski definition) is 8. The van der Waals surface area contributed by atoms with Gasteiger partial charge in [0.25, 0.3) is 0 Å². The predicted octanol–water partition coefficient (Wildman–Crippen LogP) is 1.29. The Morgan fingerprint density at radius 3 is 2.70 bits per heavy atom. The fraction of sp³-hybridized carbons (Fsp3) is 0.889. The lowest BCUT2D eigenvalue weighted by atomic mass is 9.60. The fourth-order valence-corrected chi connectivity index (χ4v) is 5.15. The Morgan fingerprint density at radius 2 is 1.96 bits per heavy atom. The lowest BCUT2D eigenvalue weighted by Gasteiger charge is -2.59. The molecule has 5 aliphatic rings. The Morgan fingerprint density at radius 1 is 1.19 bits per heavy atom. The first kappa shape index (κ1) is 19.1. The van der Waals surface area contributed by atoms with Crippen LogP contribution in [0.5, 0.6) is 0 Å². The van der Waals surface area contributed by atoms with Crippen LogP contribution in [0.2, 0.25) is 0 Å². The summed E-state index contributed by atoms with van der Waals surface area (Å²) in [6, 6.07) is -0.0399. The topological polar surface area (TPSA) is 127 Å². The molecule has 1 aliphatic carbocycles. The van der Waals surface area contributed by atoms with Crippen molar-refractivity contribution in [2.24, 2.45) is 23.5 Å². The number of carboxylic acid groups (broad SMARTS) is 1. The quantitative estimate of drug-likeness (QED) is 0.543. The number of esters is 1. The molecule has 8 atom stereocenters. The maximum absolute atomic E-state index is 12.1. The van der Waals surface area contributed by atoms with E-state index in [-0.39, 0.29) is 36.6 Å². The van der Waals surface area contributed by atoms with Crippen LogP contribution in [0.25, 0.3) is 0 Å². The minimum atomic E-state index is -1.05. The monoisotopic (exact) mass is 385 g/mol. The van der Waals surface area contributed by atoms with E-state index < -0.39 is 35.9 Å². The Hall–Kier alpha value is -1.26. The summed E-state index contributed by atoms with van der Waals surface area (Å²) in [6.07, 6.45) is 1.01. The first-order valence-corrected chi connectivity index (χ1v) is 9.62. The number of rotatable bonds is 4. The second-order valence-electron chi connectivity index (χ2n) is 8.34. The van der Waals surface area contributed by atoms with Crippen molar-refractivity contribution >= 4 is 11.9 Å². The molecule has 1 unspecified atom stereocenters. The zero-order valence-corrected chi connectivity index (χ0v) is 15.6. The average Bonchev–Trinajstić information content (AvgIpc) is 2.84. The lowest BCUT2D eigenvalue weighted by Crippen LogP contribution is -2.72. The molecule has 0 aromatic carbocycles. The maximum atomic E-state index is 12.1. The van der Waals surface area contributed by atoms with Crippen molar-refractivity contribution in [3.8, 4) is 0 Å². The smallest absolute Gasteiger partial charge is 0.308 e. The van der Waals surface area contributed by atoms with Gasteiger partial charge in [0.2, 0.25) is 12.1 Å². The Labute approximate surface area is 157 Å². The lowest BCUT2D eigenvalue weighted by molar-refractivity contribution is -0.575. The van der Waals surface area contributed by atoms with Crippen molar-refractivity contribution in [2.45, 2.75) is 82.4 Å². The highest BCUT2D eigenvalue weighted by Crippen LogP contribution is 2.59. The summed E-state index contributed by atoms with van der Waals surface area (Å²) in [5.41, 5.74) is 5.60. The van der Waals surface area contributed by atoms with Crippen molar-refractivity contribution in [2.75, 3.05) is 0 Å². The van der Waals surface area contributed by atoms with E-state index in [1.807, 2.05) is 6.92 Å². The fourth-order valence-electron chi connectivity index (χ4n) is 5.15. The summed E-state index contributed by atoms with van der Waals surface area (Å²) >= 11 is 0. The SMILES string of the molecule is C[C@H]1C(OC(=O)CCC(=O)O)O[C@@H]2O[C@@]3(C)CC[C@H]4[C@H](N)CC[C@@H]1[C@@]24OO3. The van der Waals surface area contributed by atoms with Crippen LogP contribution in [-0.2, 0) is 33.6 Å².